The van der Waals surface area contributed by atoms with Crippen molar-refractivity contribution >= 4 is 48.1 Å². The van der Waals surface area contributed by atoms with E-state index in [4.69, 9.17) is 0 Å². The molecule has 2 aromatic heterocycles. The van der Waals surface area contributed by atoms with Gasteiger partial charge < -0.3 is 5.32 Å². The molecular weight excluding hydrogens is 478 g/mol. The van der Waals surface area contributed by atoms with Crippen LogP contribution in [0.4, 0.5) is 5.82 Å². The van der Waals surface area contributed by atoms with Crippen LogP contribution < -0.4 is 5.32 Å². The predicted octanol–water partition coefficient (Wildman–Crippen LogP) is 4.48. The fourth-order valence-electron chi connectivity index (χ4n) is 3.35. The van der Waals surface area contributed by atoms with Crippen LogP contribution in [-0.4, -0.2) is 28.2 Å². The van der Waals surface area contributed by atoms with Crippen molar-refractivity contribution in [3.05, 3.63) is 88.9 Å². The van der Waals surface area contributed by atoms with Crippen LogP contribution in [0, 0.1) is 0 Å². The van der Waals surface area contributed by atoms with Gasteiger partial charge in [0.15, 0.2) is 5.65 Å². The molecule has 0 fully saturated rings. The standard InChI is InChI=1S/C22H16BrN5O2S/c23-16-12-10-15(11-13-16)14-24-20-18-8-4-5-9-19(18)28-21(25-20)22(26-27-28)31(29,30)17-6-2-1-3-7-17/h1-13H,14H2,(H,24,25). The van der Waals surface area contributed by atoms with Crippen molar-refractivity contribution < 1.29 is 8.42 Å². The van der Waals surface area contributed by atoms with Gasteiger partial charge in [-0.05, 0) is 42.0 Å². The molecule has 0 aliphatic carbocycles. The summed E-state index contributed by atoms with van der Waals surface area (Å²) >= 11 is 3.44. The van der Waals surface area contributed by atoms with Gasteiger partial charge in [-0.3, -0.25) is 0 Å². The molecule has 0 spiro atoms. The van der Waals surface area contributed by atoms with E-state index in [0.717, 1.165) is 15.4 Å². The van der Waals surface area contributed by atoms with Crippen molar-refractivity contribution in [2.45, 2.75) is 16.5 Å². The summed E-state index contributed by atoms with van der Waals surface area (Å²) in [7, 11) is -3.87. The maximum Gasteiger partial charge on any atom is 0.229 e. The van der Waals surface area contributed by atoms with E-state index in [1.54, 1.807) is 18.2 Å². The number of halogens is 1. The fraction of sp³-hybridized carbons (Fsp3) is 0.0455. The molecule has 0 aliphatic heterocycles. The SMILES string of the molecule is O=S(=O)(c1ccccc1)c1nnn2c1nc(NCc1ccc(Br)cc1)c1ccccc12. The Bertz CT molecular complexity index is 1500. The van der Waals surface area contributed by atoms with Gasteiger partial charge in [0.25, 0.3) is 0 Å². The third-order valence-corrected chi connectivity index (χ3v) is 7.10. The molecule has 5 rings (SSSR count). The minimum absolute atomic E-state index is 0.150. The van der Waals surface area contributed by atoms with Crippen molar-refractivity contribution in [2.24, 2.45) is 0 Å². The quantitative estimate of drug-likeness (QED) is 0.388. The maximum absolute atomic E-state index is 13.2. The second kappa shape index (κ2) is 7.75. The van der Waals surface area contributed by atoms with Crippen LogP contribution in [0.15, 0.2) is 93.3 Å². The third-order valence-electron chi connectivity index (χ3n) is 4.90. The number of hydrogen-bond donors (Lipinski definition) is 1. The minimum atomic E-state index is -3.87. The van der Waals surface area contributed by atoms with Crippen molar-refractivity contribution in [1.29, 1.82) is 0 Å². The number of anilines is 1. The highest BCUT2D eigenvalue weighted by atomic mass is 79.9. The highest BCUT2D eigenvalue weighted by Gasteiger charge is 2.26. The molecule has 1 N–H and O–H groups in total. The number of benzene rings is 3. The zero-order valence-corrected chi connectivity index (χ0v) is 18.5. The van der Waals surface area contributed by atoms with Crippen LogP contribution >= 0.6 is 15.9 Å². The molecule has 3 aromatic carbocycles. The smallest absolute Gasteiger partial charge is 0.229 e. The number of fused-ring (bicyclic) bond motifs is 3. The van der Waals surface area contributed by atoms with Crippen molar-refractivity contribution in [2.75, 3.05) is 5.32 Å². The van der Waals surface area contributed by atoms with E-state index in [2.05, 4.69) is 36.5 Å². The summed E-state index contributed by atoms with van der Waals surface area (Å²) < 4.78 is 28.8. The average Bonchev–Trinajstić information content (AvgIpc) is 3.24. The Balaban J connectivity index is 1.65. The van der Waals surface area contributed by atoms with Crippen molar-refractivity contribution in [1.82, 2.24) is 19.8 Å². The molecule has 31 heavy (non-hydrogen) atoms. The molecular formula is C22H16BrN5O2S. The molecule has 7 nitrogen and oxygen atoms in total. The topological polar surface area (TPSA) is 89.2 Å². The number of sulfone groups is 1. The zero-order chi connectivity index (χ0) is 21.4. The second-order valence-corrected chi connectivity index (χ2v) is 9.68. The van der Waals surface area contributed by atoms with E-state index in [1.165, 1.54) is 16.6 Å². The fourth-order valence-corrected chi connectivity index (χ4v) is 4.87. The maximum atomic E-state index is 13.2. The summed E-state index contributed by atoms with van der Waals surface area (Å²) in [5, 5.41) is 12.1. The van der Waals surface area contributed by atoms with Gasteiger partial charge in [0.2, 0.25) is 14.9 Å². The molecule has 154 valence electrons. The van der Waals surface area contributed by atoms with E-state index in [9.17, 15) is 8.42 Å². The van der Waals surface area contributed by atoms with Gasteiger partial charge in [-0.2, -0.15) is 4.52 Å². The Morgan fingerprint density at radius 3 is 2.39 bits per heavy atom. The summed E-state index contributed by atoms with van der Waals surface area (Å²) in [6.45, 7) is 0.531. The Labute approximate surface area is 186 Å². The van der Waals surface area contributed by atoms with E-state index in [-0.39, 0.29) is 15.6 Å². The Morgan fingerprint density at radius 2 is 1.61 bits per heavy atom. The summed E-state index contributed by atoms with van der Waals surface area (Å²) in [6.07, 6.45) is 0. The van der Waals surface area contributed by atoms with Crippen molar-refractivity contribution in [3.63, 3.8) is 0 Å². The van der Waals surface area contributed by atoms with E-state index < -0.39 is 9.84 Å². The first kappa shape index (κ1) is 19.7. The lowest BCUT2D eigenvalue weighted by Crippen LogP contribution is -2.07. The molecule has 2 heterocycles. The van der Waals surface area contributed by atoms with Gasteiger partial charge in [-0.1, -0.05) is 63.6 Å². The molecule has 0 aliphatic rings. The summed E-state index contributed by atoms with van der Waals surface area (Å²) in [6, 6.07) is 23.7. The number of nitrogens with zero attached hydrogens (tertiary/aromatic N) is 4. The molecule has 0 bridgehead atoms. The number of aromatic nitrogens is 4. The largest absolute Gasteiger partial charge is 0.365 e. The van der Waals surface area contributed by atoms with Gasteiger partial charge >= 0.3 is 0 Å². The normalized spacial score (nSPS) is 11.8. The minimum Gasteiger partial charge on any atom is -0.365 e. The van der Waals surface area contributed by atoms with Gasteiger partial charge in [-0.25, -0.2) is 13.4 Å². The Hall–Kier alpha value is -3.30. The number of rotatable bonds is 5. The summed E-state index contributed by atoms with van der Waals surface area (Å²) in [5.74, 6) is 0.567. The molecule has 0 saturated heterocycles. The highest BCUT2D eigenvalue weighted by Crippen LogP contribution is 2.28. The van der Waals surface area contributed by atoms with Gasteiger partial charge in [0.05, 0.1) is 10.4 Å². The molecule has 0 saturated carbocycles. The number of nitrogens with one attached hydrogen (secondary N) is 1. The number of hydrogen-bond acceptors (Lipinski definition) is 6. The van der Waals surface area contributed by atoms with Gasteiger partial charge in [-0.15, -0.1) is 5.10 Å². The third kappa shape index (κ3) is 3.55. The monoisotopic (exact) mass is 493 g/mol. The van der Waals surface area contributed by atoms with E-state index in [1.807, 2.05) is 48.5 Å². The van der Waals surface area contributed by atoms with Crippen LogP contribution in [0.5, 0.6) is 0 Å². The first-order valence-corrected chi connectivity index (χ1v) is 11.7. The Morgan fingerprint density at radius 1 is 0.903 bits per heavy atom. The second-order valence-electron chi connectivity index (χ2n) is 6.90. The molecule has 0 radical (unpaired) electrons. The lowest BCUT2D eigenvalue weighted by molar-refractivity contribution is 0.592. The van der Waals surface area contributed by atoms with E-state index in [0.29, 0.717) is 17.9 Å². The van der Waals surface area contributed by atoms with Crippen LogP contribution in [0.25, 0.3) is 16.6 Å². The first-order valence-electron chi connectivity index (χ1n) is 9.47. The highest BCUT2D eigenvalue weighted by molar-refractivity contribution is 9.10. The number of para-hydroxylation sites is 1. The molecule has 0 unspecified atom stereocenters. The van der Waals surface area contributed by atoms with Crippen LogP contribution in [0.1, 0.15) is 5.56 Å². The average molecular weight is 494 g/mol. The van der Waals surface area contributed by atoms with Gasteiger partial charge in [0.1, 0.15) is 5.82 Å². The Kier molecular flexibility index (Phi) is 4.91. The summed E-state index contributed by atoms with van der Waals surface area (Å²) in [4.78, 5) is 4.78. The lowest BCUT2D eigenvalue weighted by Gasteiger charge is -2.11. The van der Waals surface area contributed by atoms with Crippen molar-refractivity contribution in [3.8, 4) is 0 Å². The predicted molar refractivity (Wildman–Crippen MR) is 122 cm³/mol. The zero-order valence-electron chi connectivity index (χ0n) is 16.1. The molecule has 0 amide bonds. The van der Waals surface area contributed by atoms with Crippen LogP contribution in [0.2, 0.25) is 0 Å². The lowest BCUT2D eigenvalue weighted by atomic mass is 10.2. The molecule has 9 heteroatoms. The summed E-state index contributed by atoms with van der Waals surface area (Å²) in [5.41, 5.74) is 1.96. The van der Waals surface area contributed by atoms with Crippen LogP contribution in [-0.2, 0) is 16.4 Å². The molecule has 5 aromatic rings. The molecule has 0 atom stereocenters. The van der Waals surface area contributed by atoms with Crippen LogP contribution in [0.3, 0.4) is 0 Å². The van der Waals surface area contributed by atoms with E-state index >= 15 is 0 Å². The van der Waals surface area contributed by atoms with Gasteiger partial charge in [0, 0.05) is 16.4 Å². The first-order chi connectivity index (χ1) is 15.0.